The lowest BCUT2D eigenvalue weighted by atomic mass is 9.32. The molecule has 0 spiro atoms. The van der Waals surface area contributed by atoms with E-state index < -0.39 is 0 Å². The Morgan fingerprint density at radius 2 is 0.618 bits per heavy atom. The lowest BCUT2D eigenvalue weighted by molar-refractivity contribution is 1.14. The van der Waals surface area contributed by atoms with Gasteiger partial charge in [0, 0.05) is 76.9 Å². The van der Waals surface area contributed by atoms with E-state index in [-0.39, 0.29) is 13.4 Å². The number of nitrogens with zero attached hydrogens (tertiary/aromatic N) is 4. The fourth-order valence-corrected chi connectivity index (χ4v) is 16.2. The van der Waals surface area contributed by atoms with E-state index in [4.69, 9.17) is 0 Å². The second-order valence-electron chi connectivity index (χ2n) is 22.2. The third kappa shape index (κ3) is 4.10. The van der Waals surface area contributed by atoms with Crippen LogP contribution in [-0.4, -0.2) is 31.7 Å². The highest BCUT2D eigenvalue weighted by Gasteiger charge is 2.46. The largest absolute Gasteiger partial charge is 0.310 e. The average molecular weight is 955 g/mol. The van der Waals surface area contributed by atoms with Crippen LogP contribution in [0.3, 0.4) is 0 Å². The lowest BCUT2D eigenvalue weighted by Crippen LogP contribution is -2.62. The Labute approximate surface area is 433 Å². The Kier molecular flexibility index (Phi) is 6.28. The van der Waals surface area contributed by atoms with Crippen molar-refractivity contribution >= 4 is 177 Å². The van der Waals surface area contributed by atoms with Gasteiger partial charge in [0.05, 0.1) is 33.1 Å². The number of para-hydroxylation sites is 2. The first-order chi connectivity index (χ1) is 37.7. The zero-order chi connectivity index (χ0) is 48.5. The molecule has 0 atom stereocenters. The fourth-order valence-electron chi connectivity index (χ4n) is 16.2. The summed E-state index contributed by atoms with van der Waals surface area (Å²) in [5.41, 5.74) is 23.6. The molecule has 0 aliphatic carbocycles. The van der Waals surface area contributed by atoms with Crippen molar-refractivity contribution in [3.63, 3.8) is 0 Å². The minimum absolute atomic E-state index is 0.0191. The zero-order valence-corrected chi connectivity index (χ0v) is 40.7. The average Bonchev–Trinajstić information content (AvgIpc) is 4.40. The summed E-state index contributed by atoms with van der Waals surface area (Å²) in [5, 5.41) is 20.7. The highest BCUT2D eigenvalue weighted by atomic mass is 15.1. The molecule has 0 saturated carbocycles. The van der Waals surface area contributed by atoms with Crippen LogP contribution in [0.1, 0.15) is 0 Å². The van der Waals surface area contributed by atoms with Crippen LogP contribution in [0.15, 0.2) is 218 Å². The molecule has 21 rings (SSSR count). The minimum atomic E-state index is -0.0191. The Bertz CT molecular complexity index is 5390. The first-order valence-corrected chi connectivity index (χ1v) is 26.8. The molecule has 0 bridgehead atoms. The molecule has 0 radical (unpaired) electrons. The van der Waals surface area contributed by atoms with Gasteiger partial charge in [-0.3, -0.25) is 0 Å². The molecule has 4 aliphatic heterocycles. The van der Waals surface area contributed by atoms with Crippen molar-refractivity contribution in [3.8, 4) is 22.7 Å². The maximum Gasteiger partial charge on any atom is 0.252 e. The van der Waals surface area contributed by atoms with E-state index >= 15 is 0 Å². The standard InChI is InChI=1S/C70H36B2N4/c1-3-15-41-33-59-49(31-39(41)13-1)45-19-9-21-51-67(45)75(59)57-29-25-47-63-43-17-7-5-11-37(43)23-27-55(63)73-61-36-54-62(35-53(61)71(51)65(57)69(47)73)74-56-28-24-38-12-6-8-18-44(38)64(56)48-26-30-58-66(70(48)74)72(54)52-22-10-20-46-50-32-40-14-2-4-16-42(40)34-60(50)76(58)68(46)52/h1-36H. The van der Waals surface area contributed by atoms with Crippen LogP contribution in [0.5, 0.6) is 0 Å². The van der Waals surface area contributed by atoms with Gasteiger partial charge >= 0.3 is 0 Å². The minimum Gasteiger partial charge on any atom is -0.310 e. The van der Waals surface area contributed by atoms with Gasteiger partial charge < -0.3 is 18.3 Å². The Balaban J connectivity index is 0.967. The van der Waals surface area contributed by atoms with Crippen molar-refractivity contribution in [2.45, 2.75) is 0 Å². The smallest absolute Gasteiger partial charge is 0.252 e. The number of aromatic nitrogens is 4. The van der Waals surface area contributed by atoms with Gasteiger partial charge in [-0.15, -0.1) is 0 Å². The summed E-state index contributed by atoms with van der Waals surface area (Å²) in [6, 6.07) is 84.4. The van der Waals surface area contributed by atoms with Crippen LogP contribution >= 0.6 is 0 Å². The molecule has 342 valence electrons. The molecule has 4 aromatic heterocycles. The second-order valence-corrected chi connectivity index (χ2v) is 22.2. The van der Waals surface area contributed by atoms with E-state index in [0.717, 1.165) is 0 Å². The number of rotatable bonds is 0. The maximum atomic E-state index is 2.69. The third-order valence-electron chi connectivity index (χ3n) is 19.0. The molecule has 0 N–H and O–H groups in total. The number of hydrogen-bond donors (Lipinski definition) is 0. The monoisotopic (exact) mass is 954 g/mol. The van der Waals surface area contributed by atoms with Crippen molar-refractivity contribution in [3.05, 3.63) is 218 Å². The van der Waals surface area contributed by atoms with E-state index in [2.05, 4.69) is 237 Å². The van der Waals surface area contributed by atoms with Gasteiger partial charge in [-0.05, 0) is 137 Å². The highest BCUT2D eigenvalue weighted by molar-refractivity contribution is 7.02. The Hall–Kier alpha value is -9.77. The molecule has 76 heavy (non-hydrogen) atoms. The highest BCUT2D eigenvalue weighted by Crippen LogP contribution is 2.46. The van der Waals surface area contributed by atoms with Crippen molar-refractivity contribution in [2.75, 3.05) is 0 Å². The van der Waals surface area contributed by atoms with Crippen LogP contribution in [0.4, 0.5) is 0 Å². The SMILES string of the molecule is c1ccc2cc3c(cc2c1)c1cccc2c1n3-c1ccc3c4c5ccccc5ccc4n4c3c1B2c1cc2c(cc1-4)B1c3cccc4c5cc6ccccc6cc5n(c34)-c3ccc4c5c6ccccc6ccc5n-2c4c31. The van der Waals surface area contributed by atoms with Crippen LogP contribution < -0.4 is 32.8 Å². The number of hydrogen-bond acceptors (Lipinski definition) is 0. The van der Waals surface area contributed by atoms with Gasteiger partial charge in [0.1, 0.15) is 0 Å². The molecule has 13 aromatic carbocycles. The molecular weight excluding hydrogens is 918 g/mol. The number of benzene rings is 13. The first-order valence-electron chi connectivity index (χ1n) is 26.8. The molecule has 4 nitrogen and oxygen atoms in total. The molecule has 0 fully saturated rings. The summed E-state index contributed by atoms with van der Waals surface area (Å²) in [5.74, 6) is 0. The Morgan fingerprint density at radius 1 is 0.224 bits per heavy atom. The van der Waals surface area contributed by atoms with Crippen molar-refractivity contribution in [1.29, 1.82) is 0 Å². The van der Waals surface area contributed by atoms with Gasteiger partial charge in [0.2, 0.25) is 0 Å². The third-order valence-corrected chi connectivity index (χ3v) is 19.0. The molecule has 0 saturated heterocycles. The molecule has 8 heterocycles. The zero-order valence-electron chi connectivity index (χ0n) is 40.7. The summed E-state index contributed by atoms with van der Waals surface area (Å²) < 4.78 is 10.6. The van der Waals surface area contributed by atoms with Gasteiger partial charge in [-0.1, -0.05) is 158 Å². The molecule has 0 unspecified atom stereocenters. The summed E-state index contributed by atoms with van der Waals surface area (Å²) in [6.45, 7) is -0.0383. The molecule has 6 heteroatoms. The summed E-state index contributed by atoms with van der Waals surface area (Å²) >= 11 is 0. The first kappa shape index (κ1) is 37.9. The van der Waals surface area contributed by atoms with E-state index in [1.165, 1.54) is 186 Å². The second kappa shape index (κ2) is 12.6. The maximum absolute atomic E-state index is 2.69. The fraction of sp³-hybridized carbons (Fsp3) is 0. The van der Waals surface area contributed by atoms with Crippen molar-refractivity contribution in [2.24, 2.45) is 0 Å². The number of fused-ring (bicyclic) bond motifs is 28. The quantitative estimate of drug-likeness (QED) is 0.135. The topological polar surface area (TPSA) is 19.7 Å². The Morgan fingerprint density at radius 3 is 1.08 bits per heavy atom. The van der Waals surface area contributed by atoms with E-state index in [1.807, 2.05) is 0 Å². The molecule has 4 aliphatic rings. The van der Waals surface area contributed by atoms with Gasteiger partial charge in [-0.2, -0.15) is 0 Å². The van der Waals surface area contributed by atoms with Crippen molar-refractivity contribution < 1.29 is 0 Å². The predicted molar refractivity (Wildman–Crippen MR) is 323 cm³/mol. The van der Waals surface area contributed by atoms with Gasteiger partial charge in [0.25, 0.3) is 13.4 Å². The van der Waals surface area contributed by atoms with Gasteiger partial charge in [0.15, 0.2) is 0 Å². The van der Waals surface area contributed by atoms with Gasteiger partial charge in [-0.25, -0.2) is 0 Å². The van der Waals surface area contributed by atoms with Crippen LogP contribution in [0, 0.1) is 0 Å². The summed E-state index contributed by atoms with van der Waals surface area (Å²) in [6.07, 6.45) is 0. The predicted octanol–water partition coefficient (Wildman–Crippen LogP) is 13.0. The summed E-state index contributed by atoms with van der Waals surface area (Å²) in [4.78, 5) is 0. The van der Waals surface area contributed by atoms with Crippen LogP contribution in [0.25, 0.3) is 153 Å². The van der Waals surface area contributed by atoms with E-state index in [1.54, 1.807) is 0 Å². The van der Waals surface area contributed by atoms with Crippen molar-refractivity contribution in [1.82, 2.24) is 18.3 Å². The van der Waals surface area contributed by atoms with Crippen LogP contribution in [-0.2, 0) is 0 Å². The molecular formula is C70H36B2N4. The lowest BCUT2D eigenvalue weighted by Gasteiger charge is -2.37. The van der Waals surface area contributed by atoms with Crippen LogP contribution in [0.2, 0.25) is 0 Å². The summed E-state index contributed by atoms with van der Waals surface area (Å²) in [7, 11) is 0. The molecule has 17 aromatic rings. The normalized spacial score (nSPS) is 13.7. The molecule has 0 amide bonds. The van der Waals surface area contributed by atoms with E-state index in [0.29, 0.717) is 0 Å². The van der Waals surface area contributed by atoms with E-state index in [9.17, 15) is 0 Å².